The lowest BCUT2D eigenvalue weighted by molar-refractivity contribution is -0.155. The summed E-state index contributed by atoms with van der Waals surface area (Å²) in [6.07, 6.45) is 4.04. The van der Waals surface area contributed by atoms with E-state index in [4.69, 9.17) is 10.5 Å². The van der Waals surface area contributed by atoms with Crippen molar-refractivity contribution >= 4 is 5.91 Å². The molecule has 4 nitrogen and oxygen atoms in total. The van der Waals surface area contributed by atoms with E-state index in [0.717, 1.165) is 32.2 Å². The van der Waals surface area contributed by atoms with Crippen molar-refractivity contribution in [3.63, 3.8) is 0 Å². The number of carbonyl (C=O) groups is 1. The topological polar surface area (TPSA) is 55.6 Å². The summed E-state index contributed by atoms with van der Waals surface area (Å²) >= 11 is 0. The number of nitrogens with two attached hydrogens (primary N) is 1. The fourth-order valence-corrected chi connectivity index (χ4v) is 2.67. The van der Waals surface area contributed by atoms with Crippen LogP contribution in [0.4, 0.5) is 0 Å². The Morgan fingerprint density at radius 1 is 1.56 bits per heavy atom. The molecule has 2 rings (SSSR count). The monoisotopic (exact) mass is 226 g/mol. The average Bonchev–Trinajstić information content (AvgIpc) is 2.28. The first-order valence-electron chi connectivity index (χ1n) is 6.32. The van der Waals surface area contributed by atoms with E-state index in [1.165, 1.54) is 0 Å². The molecule has 92 valence electrons. The molecule has 1 atom stereocenters. The van der Waals surface area contributed by atoms with E-state index in [1.54, 1.807) is 0 Å². The molecule has 1 amide bonds. The van der Waals surface area contributed by atoms with Gasteiger partial charge in [-0.3, -0.25) is 4.79 Å². The van der Waals surface area contributed by atoms with Crippen LogP contribution in [0.3, 0.4) is 0 Å². The Morgan fingerprint density at radius 3 is 2.81 bits per heavy atom. The van der Waals surface area contributed by atoms with E-state index in [0.29, 0.717) is 19.8 Å². The Hall–Kier alpha value is -0.610. The molecule has 4 heteroatoms. The summed E-state index contributed by atoms with van der Waals surface area (Å²) in [7, 11) is 0. The van der Waals surface area contributed by atoms with E-state index >= 15 is 0 Å². The summed E-state index contributed by atoms with van der Waals surface area (Å²) in [5.41, 5.74) is 5.55. The summed E-state index contributed by atoms with van der Waals surface area (Å²) in [6.45, 7) is 4.69. The van der Waals surface area contributed by atoms with Crippen molar-refractivity contribution in [3.8, 4) is 0 Å². The van der Waals surface area contributed by atoms with Crippen LogP contribution in [0.5, 0.6) is 0 Å². The Morgan fingerprint density at radius 2 is 2.31 bits per heavy atom. The molecule has 0 aromatic carbocycles. The fourth-order valence-electron chi connectivity index (χ4n) is 2.67. The van der Waals surface area contributed by atoms with Gasteiger partial charge in [-0.05, 0) is 19.3 Å². The lowest BCUT2D eigenvalue weighted by atomic mass is 9.67. The van der Waals surface area contributed by atoms with Gasteiger partial charge >= 0.3 is 0 Å². The SMILES string of the molecule is CCC1COCCN1C(=O)C1(CN)CCC1. The van der Waals surface area contributed by atoms with Gasteiger partial charge in [-0.2, -0.15) is 0 Å². The quantitative estimate of drug-likeness (QED) is 0.772. The van der Waals surface area contributed by atoms with Crippen molar-refractivity contribution in [3.05, 3.63) is 0 Å². The maximum Gasteiger partial charge on any atom is 0.230 e. The summed E-state index contributed by atoms with van der Waals surface area (Å²) in [5, 5.41) is 0. The van der Waals surface area contributed by atoms with Crippen LogP contribution in [-0.4, -0.2) is 43.2 Å². The molecule has 0 spiro atoms. The van der Waals surface area contributed by atoms with E-state index in [-0.39, 0.29) is 17.4 Å². The van der Waals surface area contributed by atoms with Crippen LogP contribution < -0.4 is 5.73 Å². The number of nitrogens with zero attached hydrogens (tertiary/aromatic N) is 1. The van der Waals surface area contributed by atoms with Gasteiger partial charge in [0.15, 0.2) is 0 Å². The zero-order chi connectivity index (χ0) is 11.6. The smallest absolute Gasteiger partial charge is 0.230 e. The molecule has 2 aliphatic rings. The van der Waals surface area contributed by atoms with Gasteiger partial charge in [-0.1, -0.05) is 13.3 Å². The van der Waals surface area contributed by atoms with Gasteiger partial charge < -0.3 is 15.4 Å². The average molecular weight is 226 g/mol. The highest BCUT2D eigenvalue weighted by molar-refractivity contribution is 5.84. The Bertz CT molecular complexity index is 258. The first-order valence-corrected chi connectivity index (χ1v) is 6.32. The Labute approximate surface area is 97.1 Å². The molecule has 2 N–H and O–H groups in total. The van der Waals surface area contributed by atoms with Crippen LogP contribution in [0.1, 0.15) is 32.6 Å². The van der Waals surface area contributed by atoms with Crippen molar-refractivity contribution in [2.45, 2.75) is 38.6 Å². The summed E-state index contributed by atoms with van der Waals surface area (Å²) in [5.74, 6) is 0.274. The molecule has 0 aromatic heterocycles. The third-order valence-electron chi connectivity index (χ3n) is 4.11. The number of ether oxygens (including phenoxy) is 1. The number of hydrogen-bond acceptors (Lipinski definition) is 3. The number of morpholine rings is 1. The molecule has 1 heterocycles. The van der Waals surface area contributed by atoms with Gasteiger partial charge in [-0.15, -0.1) is 0 Å². The second-order valence-electron chi connectivity index (χ2n) is 4.97. The maximum atomic E-state index is 12.5. The minimum atomic E-state index is -0.231. The first kappa shape index (κ1) is 11.9. The lowest BCUT2D eigenvalue weighted by Crippen LogP contribution is -2.58. The highest BCUT2D eigenvalue weighted by atomic mass is 16.5. The summed E-state index contributed by atoms with van der Waals surface area (Å²) in [6, 6.07) is 0.255. The van der Waals surface area contributed by atoms with Crippen molar-refractivity contribution in [1.29, 1.82) is 0 Å². The van der Waals surface area contributed by atoms with E-state index in [9.17, 15) is 4.79 Å². The van der Waals surface area contributed by atoms with Crippen LogP contribution in [0, 0.1) is 5.41 Å². The Balaban J connectivity index is 2.07. The van der Waals surface area contributed by atoms with E-state index in [2.05, 4.69) is 6.92 Å². The number of hydrogen-bond donors (Lipinski definition) is 1. The van der Waals surface area contributed by atoms with Gasteiger partial charge in [0.25, 0.3) is 0 Å². The number of rotatable bonds is 3. The maximum absolute atomic E-state index is 12.5. The molecule has 1 aliphatic heterocycles. The molecule has 0 radical (unpaired) electrons. The van der Waals surface area contributed by atoms with Crippen molar-refractivity contribution in [1.82, 2.24) is 4.90 Å². The van der Waals surface area contributed by atoms with Gasteiger partial charge in [0.2, 0.25) is 5.91 Å². The molecule has 2 fully saturated rings. The third-order valence-corrected chi connectivity index (χ3v) is 4.11. The largest absolute Gasteiger partial charge is 0.377 e. The van der Waals surface area contributed by atoms with Crippen molar-refractivity contribution in [2.75, 3.05) is 26.3 Å². The minimum Gasteiger partial charge on any atom is -0.377 e. The highest BCUT2D eigenvalue weighted by Gasteiger charge is 2.46. The predicted molar refractivity (Wildman–Crippen MR) is 61.9 cm³/mol. The van der Waals surface area contributed by atoms with Gasteiger partial charge in [-0.25, -0.2) is 0 Å². The van der Waals surface area contributed by atoms with Gasteiger partial charge in [0, 0.05) is 13.1 Å². The highest BCUT2D eigenvalue weighted by Crippen LogP contribution is 2.42. The van der Waals surface area contributed by atoms with Crippen LogP contribution in [-0.2, 0) is 9.53 Å². The fraction of sp³-hybridized carbons (Fsp3) is 0.917. The van der Waals surface area contributed by atoms with Crippen LogP contribution in [0.25, 0.3) is 0 Å². The molecule has 0 bridgehead atoms. The number of amides is 1. The zero-order valence-electron chi connectivity index (χ0n) is 10.1. The zero-order valence-corrected chi connectivity index (χ0v) is 10.1. The van der Waals surface area contributed by atoms with Crippen molar-refractivity contribution < 1.29 is 9.53 Å². The standard InChI is InChI=1S/C12H22N2O2/c1-2-10-8-16-7-6-14(10)11(15)12(9-13)4-3-5-12/h10H,2-9,13H2,1H3. The van der Waals surface area contributed by atoms with Crippen LogP contribution in [0.15, 0.2) is 0 Å². The normalized spacial score (nSPS) is 28.6. The molecule has 1 saturated carbocycles. The second-order valence-corrected chi connectivity index (χ2v) is 4.97. The molecule has 16 heavy (non-hydrogen) atoms. The molecular weight excluding hydrogens is 204 g/mol. The van der Waals surface area contributed by atoms with Gasteiger partial charge in [0.1, 0.15) is 0 Å². The number of carbonyl (C=O) groups excluding carboxylic acids is 1. The molecule has 1 aliphatic carbocycles. The van der Waals surface area contributed by atoms with E-state index < -0.39 is 0 Å². The first-order chi connectivity index (χ1) is 7.73. The summed E-state index contributed by atoms with van der Waals surface area (Å²) in [4.78, 5) is 14.5. The van der Waals surface area contributed by atoms with E-state index in [1.807, 2.05) is 4.90 Å². The lowest BCUT2D eigenvalue weighted by Gasteiger charge is -2.46. The molecular formula is C12H22N2O2. The van der Waals surface area contributed by atoms with Crippen molar-refractivity contribution in [2.24, 2.45) is 11.1 Å². The molecule has 0 aromatic rings. The molecule has 1 unspecified atom stereocenters. The van der Waals surface area contributed by atoms with Crippen LogP contribution in [0.2, 0.25) is 0 Å². The predicted octanol–water partition coefficient (Wildman–Crippen LogP) is 0.753. The summed E-state index contributed by atoms with van der Waals surface area (Å²) < 4.78 is 5.43. The Kier molecular flexibility index (Phi) is 3.50. The second kappa shape index (κ2) is 4.72. The minimum absolute atomic E-state index is 0.231. The van der Waals surface area contributed by atoms with Crippen LogP contribution >= 0.6 is 0 Å². The van der Waals surface area contributed by atoms with Gasteiger partial charge in [0.05, 0.1) is 24.7 Å². The molecule has 1 saturated heterocycles. The third kappa shape index (κ3) is 1.84.